The van der Waals surface area contributed by atoms with Crippen LogP contribution in [0.25, 0.3) is 10.9 Å². The van der Waals surface area contributed by atoms with E-state index in [4.69, 9.17) is 10.3 Å². The highest BCUT2D eigenvalue weighted by molar-refractivity contribution is 5.76. The molecule has 8 nitrogen and oxygen atoms in total. The molecule has 1 aliphatic carbocycles. The lowest BCUT2D eigenvalue weighted by Gasteiger charge is -2.17. The Labute approximate surface area is 131 Å². The maximum absolute atomic E-state index is 12.4. The van der Waals surface area contributed by atoms with Crippen LogP contribution in [0.3, 0.4) is 0 Å². The average Bonchev–Trinajstić information content (AvgIpc) is 3.21. The number of rotatable bonds is 3. The van der Waals surface area contributed by atoms with Gasteiger partial charge >= 0.3 is 0 Å². The van der Waals surface area contributed by atoms with Crippen molar-refractivity contribution in [2.24, 2.45) is 5.73 Å². The second kappa shape index (κ2) is 5.24. The Balaban J connectivity index is 1.65. The van der Waals surface area contributed by atoms with Gasteiger partial charge in [0, 0.05) is 0 Å². The van der Waals surface area contributed by atoms with Crippen molar-refractivity contribution in [1.29, 1.82) is 0 Å². The molecule has 4 rings (SSSR count). The van der Waals surface area contributed by atoms with Gasteiger partial charge in [-0.2, -0.15) is 4.98 Å². The fraction of sp³-hybridized carbons (Fsp3) is 0.400. The van der Waals surface area contributed by atoms with Crippen molar-refractivity contribution in [2.45, 2.75) is 37.8 Å². The lowest BCUT2D eigenvalue weighted by molar-refractivity contribution is 0.339. The standard InChI is InChI=1S/C15H16N6O2/c16-15(7-3-4-8-15)14-17-12(23-19-14)9-21-13(22)10-5-1-2-6-11(10)18-20-21/h1-2,5-6H,3-4,7-9,16H2. The van der Waals surface area contributed by atoms with Gasteiger partial charge in [-0.05, 0) is 25.0 Å². The summed E-state index contributed by atoms with van der Waals surface area (Å²) in [5, 5.41) is 12.4. The molecule has 1 saturated carbocycles. The predicted octanol–water partition coefficient (Wildman–Crippen LogP) is 0.951. The number of hydrogen-bond donors (Lipinski definition) is 1. The first-order valence-corrected chi connectivity index (χ1v) is 7.60. The summed E-state index contributed by atoms with van der Waals surface area (Å²) in [6, 6.07) is 7.07. The lowest BCUT2D eigenvalue weighted by atomic mass is 9.99. The molecule has 2 heterocycles. The van der Waals surface area contributed by atoms with E-state index in [0.29, 0.717) is 22.6 Å². The molecular weight excluding hydrogens is 296 g/mol. The van der Waals surface area contributed by atoms with Crippen molar-refractivity contribution in [1.82, 2.24) is 25.1 Å². The van der Waals surface area contributed by atoms with Gasteiger partial charge in [-0.3, -0.25) is 4.79 Å². The van der Waals surface area contributed by atoms with Crippen LogP contribution in [0.5, 0.6) is 0 Å². The molecule has 0 amide bonds. The molecule has 1 aliphatic rings. The molecule has 0 radical (unpaired) electrons. The Bertz CT molecular complexity index is 909. The number of nitrogens with two attached hydrogens (primary N) is 1. The van der Waals surface area contributed by atoms with Crippen LogP contribution in [-0.4, -0.2) is 25.1 Å². The Morgan fingerprint density at radius 2 is 2.04 bits per heavy atom. The van der Waals surface area contributed by atoms with Crippen molar-refractivity contribution in [3.8, 4) is 0 Å². The largest absolute Gasteiger partial charge is 0.337 e. The molecule has 0 aliphatic heterocycles. The van der Waals surface area contributed by atoms with Gasteiger partial charge < -0.3 is 10.3 Å². The van der Waals surface area contributed by atoms with E-state index < -0.39 is 5.54 Å². The monoisotopic (exact) mass is 312 g/mol. The molecule has 118 valence electrons. The second-order valence-electron chi connectivity index (χ2n) is 5.94. The minimum Gasteiger partial charge on any atom is -0.337 e. The topological polar surface area (TPSA) is 113 Å². The molecule has 2 N–H and O–H groups in total. The zero-order chi connectivity index (χ0) is 15.9. The third-order valence-corrected chi connectivity index (χ3v) is 4.32. The van der Waals surface area contributed by atoms with E-state index in [1.165, 1.54) is 4.68 Å². The maximum atomic E-state index is 12.4. The summed E-state index contributed by atoms with van der Waals surface area (Å²) < 4.78 is 6.46. The molecule has 23 heavy (non-hydrogen) atoms. The zero-order valence-electron chi connectivity index (χ0n) is 12.5. The number of aromatic nitrogens is 5. The minimum atomic E-state index is -0.512. The van der Waals surface area contributed by atoms with E-state index in [0.717, 1.165) is 25.7 Å². The third kappa shape index (κ3) is 2.40. The van der Waals surface area contributed by atoms with Crippen LogP contribution in [0.4, 0.5) is 0 Å². The molecule has 3 aromatic rings. The summed E-state index contributed by atoms with van der Waals surface area (Å²) in [5.74, 6) is 0.815. The van der Waals surface area contributed by atoms with Gasteiger partial charge in [0.25, 0.3) is 5.56 Å². The third-order valence-electron chi connectivity index (χ3n) is 4.32. The normalized spacial score (nSPS) is 16.9. The Kier molecular flexibility index (Phi) is 3.19. The van der Waals surface area contributed by atoms with Crippen LogP contribution < -0.4 is 11.3 Å². The molecule has 0 atom stereocenters. The Morgan fingerprint density at radius 1 is 1.26 bits per heavy atom. The van der Waals surface area contributed by atoms with Gasteiger partial charge in [0.05, 0.1) is 10.9 Å². The highest BCUT2D eigenvalue weighted by atomic mass is 16.5. The van der Waals surface area contributed by atoms with Crippen molar-refractivity contribution < 1.29 is 4.52 Å². The second-order valence-corrected chi connectivity index (χ2v) is 5.94. The molecule has 1 fully saturated rings. The number of hydrogen-bond acceptors (Lipinski definition) is 7. The van der Waals surface area contributed by atoms with E-state index in [9.17, 15) is 4.79 Å². The quantitative estimate of drug-likeness (QED) is 0.766. The fourth-order valence-electron chi connectivity index (χ4n) is 3.01. The molecule has 2 aromatic heterocycles. The van der Waals surface area contributed by atoms with Gasteiger partial charge in [0.1, 0.15) is 12.1 Å². The summed E-state index contributed by atoms with van der Waals surface area (Å²) in [5.41, 5.74) is 6.12. The maximum Gasteiger partial charge on any atom is 0.278 e. The van der Waals surface area contributed by atoms with Gasteiger partial charge in [-0.15, -0.1) is 5.10 Å². The van der Waals surface area contributed by atoms with E-state index in [1.54, 1.807) is 18.2 Å². The molecule has 1 aromatic carbocycles. The zero-order valence-corrected chi connectivity index (χ0v) is 12.5. The molecule has 0 saturated heterocycles. The molecule has 0 bridgehead atoms. The summed E-state index contributed by atoms with van der Waals surface area (Å²) in [6.45, 7) is 0.0831. The van der Waals surface area contributed by atoms with Crippen LogP contribution in [-0.2, 0) is 12.1 Å². The number of nitrogens with zero attached hydrogens (tertiary/aromatic N) is 5. The SMILES string of the molecule is NC1(c2noc(Cn3nnc4ccccc4c3=O)n2)CCCC1. The van der Waals surface area contributed by atoms with Crippen molar-refractivity contribution in [3.05, 3.63) is 46.3 Å². The predicted molar refractivity (Wildman–Crippen MR) is 81.5 cm³/mol. The van der Waals surface area contributed by atoms with E-state index >= 15 is 0 Å². The smallest absolute Gasteiger partial charge is 0.278 e. The molecule has 0 spiro atoms. The lowest BCUT2D eigenvalue weighted by Crippen LogP contribution is -2.34. The Hall–Kier alpha value is -2.61. The first kappa shape index (κ1) is 14.0. The van der Waals surface area contributed by atoms with E-state index in [2.05, 4.69) is 20.5 Å². The summed E-state index contributed by atoms with van der Waals surface area (Å²) in [6.07, 6.45) is 3.83. The van der Waals surface area contributed by atoms with Crippen LogP contribution in [0.1, 0.15) is 37.4 Å². The first-order chi connectivity index (χ1) is 11.2. The highest BCUT2D eigenvalue weighted by Gasteiger charge is 2.36. The van der Waals surface area contributed by atoms with E-state index in [1.807, 2.05) is 6.07 Å². The van der Waals surface area contributed by atoms with E-state index in [-0.39, 0.29) is 12.1 Å². The molecule has 8 heteroatoms. The molecular formula is C15H16N6O2. The van der Waals surface area contributed by atoms with Gasteiger partial charge in [0.15, 0.2) is 5.82 Å². The summed E-state index contributed by atoms with van der Waals surface area (Å²) in [7, 11) is 0. The van der Waals surface area contributed by atoms with Crippen LogP contribution in [0, 0.1) is 0 Å². The number of benzene rings is 1. The summed E-state index contributed by atoms with van der Waals surface area (Å²) in [4.78, 5) is 16.8. The van der Waals surface area contributed by atoms with Crippen LogP contribution in [0.2, 0.25) is 0 Å². The minimum absolute atomic E-state index is 0.0831. The van der Waals surface area contributed by atoms with Crippen molar-refractivity contribution >= 4 is 10.9 Å². The Morgan fingerprint density at radius 3 is 2.87 bits per heavy atom. The van der Waals surface area contributed by atoms with Crippen LogP contribution in [0.15, 0.2) is 33.6 Å². The van der Waals surface area contributed by atoms with Crippen molar-refractivity contribution in [3.63, 3.8) is 0 Å². The highest BCUT2D eigenvalue weighted by Crippen LogP contribution is 2.34. The first-order valence-electron chi connectivity index (χ1n) is 7.60. The molecule has 0 unspecified atom stereocenters. The van der Waals surface area contributed by atoms with Crippen molar-refractivity contribution in [2.75, 3.05) is 0 Å². The van der Waals surface area contributed by atoms with Gasteiger partial charge in [-0.25, -0.2) is 4.68 Å². The number of fused-ring (bicyclic) bond motifs is 1. The average molecular weight is 312 g/mol. The fourth-order valence-corrected chi connectivity index (χ4v) is 3.01. The van der Waals surface area contributed by atoms with Gasteiger partial charge in [-0.1, -0.05) is 35.3 Å². The van der Waals surface area contributed by atoms with Crippen LogP contribution >= 0.6 is 0 Å². The van der Waals surface area contributed by atoms with Gasteiger partial charge in [0.2, 0.25) is 5.89 Å². The summed E-state index contributed by atoms with van der Waals surface area (Å²) >= 11 is 0.